The molecule has 1 aliphatic carbocycles. The van der Waals surface area contributed by atoms with E-state index in [9.17, 15) is 4.21 Å². The molecule has 4 heteroatoms. The van der Waals surface area contributed by atoms with E-state index in [1.165, 1.54) is 19.3 Å². The second-order valence-corrected chi connectivity index (χ2v) is 6.34. The Balaban J connectivity index is 1.94. The molecule has 16 heavy (non-hydrogen) atoms. The summed E-state index contributed by atoms with van der Waals surface area (Å²) in [6.45, 7) is 0. The van der Waals surface area contributed by atoms with Crippen LogP contribution in [0.4, 0.5) is 0 Å². The van der Waals surface area contributed by atoms with Gasteiger partial charge in [-0.3, -0.25) is 0 Å². The van der Waals surface area contributed by atoms with Gasteiger partial charge in [-0.1, -0.05) is 35.2 Å². The highest BCUT2D eigenvalue weighted by Gasteiger charge is 2.15. The quantitative estimate of drug-likeness (QED) is 0.911. The lowest BCUT2D eigenvalue weighted by Crippen LogP contribution is -2.32. The Labute approximate surface area is 108 Å². The lowest BCUT2D eigenvalue weighted by molar-refractivity contribution is 0.419. The molecule has 0 radical (unpaired) electrons. The van der Waals surface area contributed by atoms with E-state index in [1.54, 1.807) is 0 Å². The van der Waals surface area contributed by atoms with Crippen LogP contribution in [0.25, 0.3) is 0 Å². The Kier molecular flexibility index (Phi) is 4.55. The molecule has 0 heterocycles. The fourth-order valence-electron chi connectivity index (χ4n) is 2.00. The van der Waals surface area contributed by atoms with E-state index in [0.717, 1.165) is 22.2 Å². The summed E-state index contributed by atoms with van der Waals surface area (Å²) in [4.78, 5) is 0.855. The lowest BCUT2D eigenvalue weighted by atomic mass is 9.96. The Morgan fingerprint density at radius 2 is 1.75 bits per heavy atom. The van der Waals surface area contributed by atoms with Crippen molar-refractivity contribution in [3.05, 3.63) is 28.7 Å². The molecule has 1 atom stereocenters. The van der Waals surface area contributed by atoms with E-state index >= 15 is 0 Å². The van der Waals surface area contributed by atoms with Crippen LogP contribution in [0.15, 0.2) is 33.6 Å². The molecule has 1 aliphatic rings. The molecular weight excluding hydrogens is 286 g/mol. The van der Waals surface area contributed by atoms with Gasteiger partial charge in [0.25, 0.3) is 0 Å². The Hall–Kier alpha value is -0.190. The predicted molar refractivity (Wildman–Crippen MR) is 70.6 cm³/mol. The molecule has 1 fully saturated rings. The molecule has 1 saturated carbocycles. The maximum absolute atomic E-state index is 12.0. The van der Waals surface area contributed by atoms with Crippen LogP contribution in [0.3, 0.4) is 0 Å². The van der Waals surface area contributed by atoms with Crippen molar-refractivity contribution in [1.82, 2.24) is 4.72 Å². The van der Waals surface area contributed by atoms with Crippen LogP contribution in [0, 0.1) is 0 Å². The molecule has 1 unspecified atom stereocenters. The molecule has 0 aliphatic heterocycles. The van der Waals surface area contributed by atoms with E-state index in [1.807, 2.05) is 24.3 Å². The van der Waals surface area contributed by atoms with Crippen molar-refractivity contribution in [1.29, 1.82) is 0 Å². The fourth-order valence-corrected chi connectivity index (χ4v) is 3.32. The van der Waals surface area contributed by atoms with Gasteiger partial charge in [0, 0.05) is 10.5 Å². The minimum Gasteiger partial charge on any atom is -0.237 e. The molecular formula is C12H16BrNOS. The fraction of sp³-hybridized carbons (Fsp3) is 0.500. The summed E-state index contributed by atoms with van der Waals surface area (Å²) in [5, 5.41) is 0. The normalized spacial score (nSPS) is 19.6. The summed E-state index contributed by atoms with van der Waals surface area (Å²) in [5.41, 5.74) is 0. The average Bonchev–Trinajstić information content (AvgIpc) is 2.31. The summed E-state index contributed by atoms with van der Waals surface area (Å²) in [7, 11) is -1.06. The molecule has 0 spiro atoms. The monoisotopic (exact) mass is 301 g/mol. The van der Waals surface area contributed by atoms with Gasteiger partial charge in [-0.15, -0.1) is 0 Å². The van der Waals surface area contributed by atoms with Crippen molar-refractivity contribution in [2.24, 2.45) is 0 Å². The zero-order chi connectivity index (χ0) is 11.4. The molecule has 0 bridgehead atoms. The van der Waals surface area contributed by atoms with Crippen LogP contribution in [-0.2, 0) is 11.0 Å². The molecule has 1 N–H and O–H groups in total. The minimum atomic E-state index is -1.06. The van der Waals surface area contributed by atoms with Crippen LogP contribution in [0.1, 0.15) is 32.1 Å². The first-order valence-corrected chi connectivity index (χ1v) is 7.63. The van der Waals surface area contributed by atoms with Gasteiger partial charge in [0.1, 0.15) is 11.0 Å². The minimum absolute atomic E-state index is 0.429. The van der Waals surface area contributed by atoms with E-state index in [0.29, 0.717) is 6.04 Å². The van der Waals surface area contributed by atoms with Crippen molar-refractivity contribution in [3.63, 3.8) is 0 Å². The highest BCUT2D eigenvalue weighted by Crippen LogP contribution is 2.19. The predicted octanol–water partition coefficient (Wildman–Crippen LogP) is 3.39. The van der Waals surface area contributed by atoms with Crippen LogP contribution < -0.4 is 4.72 Å². The van der Waals surface area contributed by atoms with E-state index in [-0.39, 0.29) is 0 Å². The molecule has 0 amide bonds. The molecule has 2 nitrogen and oxygen atoms in total. The number of hydrogen-bond acceptors (Lipinski definition) is 1. The van der Waals surface area contributed by atoms with E-state index < -0.39 is 11.0 Å². The maximum atomic E-state index is 12.0. The molecule has 2 rings (SSSR count). The van der Waals surface area contributed by atoms with Gasteiger partial charge < -0.3 is 0 Å². The van der Waals surface area contributed by atoms with E-state index in [4.69, 9.17) is 0 Å². The topological polar surface area (TPSA) is 29.1 Å². The molecule has 0 aromatic heterocycles. The van der Waals surface area contributed by atoms with Crippen LogP contribution in [-0.4, -0.2) is 10.3 Å². The van der Waals surface area contributed by atoms with Crippen molar-refractivity contribution < 1.29 is 4.21 Å². The summed E-state index contributed by atoms with van der Waals surface area (Å²) < 4.78 is 16.2. The first-order valence-electron chi connectivity index (χ1n) is 5.69. The second kappa shape index (κ2) is 5.94. The van der Waals surface area contributed by atoms with Gasteiger partial charge >= 0.3 is 0 Å². The first-order chi connectivity index (χ1) is 7.75. The number of rotatable bonds is 3. The van der Waals surface area contributed by atoms with Crippen LogP contribution in [0.5, 0.6) is 0 Å². The smallest absolute Gasteiger partial charge is 0.125 e. The van der Waals surface area contributed by atoms with Crippen LogP contribution in [0.2, 0.25) is 0 Å². The van der Waals surface area contributed by atoms with Gasteiger partial charge in [-0.25, -0.2) is 8.93 Å². The molecule has 1 aromatic rings. The summed E-state index contributed by atoms with van der Waals surface area (Å²) >= 11 is 3.37. The summed E-state index contributed by atoms with van der Waals surface area (Å²) in [6, 6.07) is 8.08. The van der Waals surface area contributed by atoms with Crippen molar-refractivity contribution in [3.8, 4) is 0 Å². The maximum Gasteiger partial charge on any atom is 0.125 e. The lowest BCUT2D eigenvalue weighted by Gasteiger charge is -2.22. The van der Waals surface area contributed by atoms with Crippen molar-refractivity contribution >= 4 is 26.9 Å². The zero-order valence-electron chi connectivity index (χ0n) is 9.12. The largest absolute Gasteiger partial charge is 0.237 e. The van der Waals surface area contributed by atoms with Gasteiger partial charge in [0.05, 0.1) is 4.90 Å². The van der Waals surface area contributed by atoms with E-state index in [2.05, 4.69) is 20.7 Å². The van der Waals surface area contributed by atoms with Crippen LogP contribution >= 0.6 is 15.9 Å². The van der Waals surface area contributed by atoms with Gasteiger partial charge in [0.15, 0.2) is 0 Å². The number of benzene rings is 1. The number of nitrogens with one attached hydrogen (secondary N) is 1. The third-order valence-electron chi connectivity index (χ3n) is 2.91. The summed E-state index contributed by atoms with van der Waals surface area (Å²) in [5.74, 6) is 0. The SMILES string of the molecule is O=S(NC1CCCCC1)c1ccc(Br)cc1. The average molecular weight is 302 g/mol. The summed E-state index contributed by atoms with van der Waals surface area (Å²) in [6.07, 6.45) is 6.15. The van der Waals surface area contributed by atoms with Gasteiger partial charge in [0.2, 0.25) is 0 Å². The van der Waals surface area contributed by atoms with Crippen molar-refractivity contribution in [2.45, 2.75) is 43.0 Å². The third kappa shape index (κ3) is 3.40. The molecule has 88 valence electrons. The molecule has 0 saturated heterocycles. The van der Waals surface area contributed by atoms with Gasteiger partial charge in [-0.2, -0.15) is 0 Å². The second-order valence-electron chi connectivity index (χ2n) is 4.18. The number of hydrogen-bond donors (Lipinski definition) is 1. The van der Waals surface area contributed by atoms with Gasteiger partial charge in [-0.05, 0) is 37.1 Å². The van der Waals surface area contributed by atoms with Crippen molar-refractivity contribution in [2.75, 3.05) is 0 Å². The Morgan fingerprint density at radius 3 is 2.38 bits per heavy atom. The standard InChI is InChI=1S/C12H16BrNOS/c13-10-6-8-12(9-7-10)16(15)14-11-4-2-1-3-5-11/h6-9,11,14H,1-5H2. The Bertz CT molecular complexity index is 360. The molecule has 1 aromatic carbocycles. The zero-order valence-corrected chi connectivity index (χ0v) is 11.5. The highest BCUT2D eigenvalue weighted by molar-refractivity contribution is 9.10. The third-order valence-corrected chi connectivity index (χ3v) is 4.68. The Morgan fingerprint density at radius 1 is 1.12 bits per heavy atom. The number of halogens is 1. The first kappa shape index (κ1) is 12.3. The highest BCUT2D eigenvalue weighted by atomic mass is 79.9.